The van der Waals surface area contributed by atoms with E-state index in [9.17, 15) is 0 Å². The first-order valence-corrected chi connectivity index (χ1v) is 5.53. The van der Waals surface area contributed by atoms with E-state index >= 15 is 0 Å². The average Bonchev–Trinajstić information content (AvgIpc) is 2.08. The van der Waals surface area contributed by atoms with Crippen LogP contribution < -0.4 is 0 Å². The summed E-state index contributed by atoms with van der Waals surface area (Å²) in [6, 6.07) is 0. The van der Waals surface area contributed by atoms with Crippen molar-refractivity contribution in [1.29, 1.82) is 0 Å². The van der Waals surface area contributed by atoms with Gasteiger partial charge in [-0.1, -0.05) is 44.1 Å². The molecule has 2 unspecified atom stereocenters. The molecule has 0 saturated heterocycles. The highest BCUT2D eigenvalue weighted by Gasteiger charge is 2.05. The van der Waals surface area contributed by atoms with Gasteiger partial charge in [0.2, 0.25) is 0 Å². The minimum Gasteiger partial charge on any atom is -0.0843 e. The average molecular weight is 178 g/mol. The monoisotopic (exact) mass is 178 g/mol. The van der Waals surface area contributed by atoms with Gasteiger partial charge < -0.3 is 0 Å². The molecule has 1 rings (SSSR count). The lowest BCUT2D eigenvalue weighted by Gasteiger charge is -2.14. The van der Waals surface area contributed by atoms with Gasteiger partial charge in [0.15, 0.2) is 0 Å². The number of allylic oxidation sites excluding steroid dienone is 4. The van der Waals surface area contributed by atoms with Crippen molar-refractivity contribution in [2.45, 2.75) is 46.5 Å². The van der Waals surface area contributed by atoms with Gasteiger partial charge >= 0.3 is 0 Å². The summed E-state index contributed by atoms with van der Waals surface area (Å²) in [6.45, 7) is 6.91. The van der Waals surface area contributed by atoms with Crippen molar-refractivity contribution in [2.24, 2.45) is 11.8 Å². The molecule has 13 heavy (non-hydrogen) atoms. The van der Waals surface area contributed by atoms with E-state index in [-0.39, 0.29) is 0 Å². The van der Waals surface area contributed by atoms with Gasteiger partial charge in [0.25, 0.3) is 0 Å². The molecule has 0 aromatic rings. The Hall–Kier alpha value is -0.520. The van der Waals surface area contributed by atoms with Crippen LogP contribution in [0.15, 0.2) is 23.8 Å². The Morgan fingerprint density at radius 3 is 2.69 bits per heavy atom. The van der Waals surface area contributed by atoms with Gasteiger partial charge in [-0.2, -0.15) is 0 Å². The first-order valence-electron chi connectivity index (χ1n) is 5.53. The highest BCUT2D eigenvalue weighted by molar-refractivity contribution is 5.16. The molecule has 0 amide bonds. The quantitative estimate of drug-likeness (QED) is 0.518. The van der Waals surface area contributed by atoms with Gasteiger partial charge in [0.05, 0.1) is 0 Å². The van der Waals surface area contributed by atoms with E-state index in [2.05, 4.69) is 39.0 Å². The molecule has 0 aromatic carbocycles. The second kappa shape index (κ2) is 5.26. The SMILES string of the molecule is CC1=CC(C)CCC(C)CCC=C1. The summed E-state index contributed by atoms with van der Waals surface area (Å²) in [4.78, 5) is 0. The van der Waals surface area contributed by atoms with Gasteiger partial charge in [-0.15, -0.1) is 0 Å². The maximum atomic E-state index is 2.40. The number of hydrogen-bond donors (Lipinski definition) is 0. The fourth-order valence-electron chi connectivity index (χ4n) is 1.93. The van der Waals surface area contributed by atoms with E-state index in [0.29, 0.717) is 0 Å². The van der Waals surface area contributed by atoms with Gasteiger partial charge in [-0.3, -0.25) is 0 Å². The van der Waals surface area contributed by atoms with Crippen LogP contribution in [0.1, 0.15) is 46.5 Å². The largest absolute Gasteiger partial charge is 0.0843 e. The highest BCUT2D eigenvalue weighted by Crippen LogP contribution is 2.20. The van der Waals surface area contributed by atoms with Crippen LogP contribution in [0.25, 0.3) is 0 Å². The summed E-state index contributed by atoms with van der Waals surface area (Å²) in [6.07, 6.45) is 12.3. The molecule has 0 radical (unpaired) electrons. The van der Waals surface area contributed by atoms with Crippen molar-refractivity contribution >= 4 is 0 Å². The lowest BCUT2D eigenvalue weighted by Crippen LogP contribution is -1.99. The lowest BCUT2D eigenvalue weighted by atomic mass is 9.92. The Morgan fingerprint density at radius 2 is 1.92 bits per heavy atom. The first kappa shape index (κ1) is 10.6. The Kier molecular flexibility index (Phi) is 4.27. The van der Waals surface area contributed by atoms with Crippen molar-refractivity contribution in [3.63, 3.8) is 0 Å². The Labute approximate surface area is 82.7 Å². The molecule has 0 N–H and O–H groups in total. The van der Waals surface area contributed by atoms with E-state index in [1.165, 1.54) is 31.3 Å². The third-order valence-electron chi connectivity index (χ3n) is 2.87. The van der Waals surface area contributed by atoms with Crippen molar-refractivity contribution in [3.8, 4) is 0 Å². The molecule has 0 nitrogen and oxygen atoms in total. The summed E-state index contributed by atoms with van der Waals surface area (Å²) in [5, 5.41) is 0. The minimum atomic E-state index is 0.755. The Bertz CT molecular complexity index is 198. The molecule has 0 heterocycles. The molecule has 0 bridgehead atoms. The number of rotatable bonds is 0. The molecular weight excluding hydrogens is 156 g/mol. The maximum absolute atomic E-state index is 2.40. The second-order valence-corrected chi connectivity index (χ2v) is 4.55. The zero-order chi connectivity index (χ0) is 9.68. The molecule has 1 aliphatic rings. The molecule has 2 atom stereocenters. The standard InChI is InChI=1S/C13H22/c1-11-6-4-5-7-12(2)10-13(3)9-8-11/h5,7,10-11,13H,4,6,8-9H2,1-3H3. The van der Waals surface area contributed by atoms with E-state index < -0.39 is 0 Å². The van der Waals surface area contributed by atoms with Crippen molar-refractivity contribution < 1.29 is 0 Å². The molecule has 0 aliphatic heterocycles. The molecular formula is C13H22. The Balaban J connectivity index is 2.58. The lowest BCUT2D eigenvalue weighted by molar-refractivity contribution is 0.445. The maximum Gasteiger partial charge on any atom is -0.0256 e. The molecule has 0 fully saturated rings. The van der Waals surface area contributed by atoms with Crippen molar-refractivity contribution in [1.82, 2.24) is 0 Å². The van der Waals surface area contributed by atoms with Crippen LogP contribution >= 0.6 is 0 Å². The fraction of sp³-hybridized carbons (Fsp3) is 0.692. The summed E-state index contributed by atoms with van der Waals surface area (Å²) >= 11 is 0. The number of hydrogen-bond acceptors (Lipinski definition) is 0. The molecule has 0 aromatic heterocycles. The zero-order valence-corrected chi connectivity index (χ0v) is 9.22. The van der Waals surface area contributed by atoms with Gasteiger partial charge in [0.1, 0.15) is 0 Å². The first-order chi connectivity index (χ1) is 6.18. The smallest absolute Gasteiger partial charge is 0.0256 e. The van der Waals surface area contributed by atoms with E-state index in [1.54, 1.807) is 0 Å². The molecule has 0 heteroatoms. The summed E-state index contributed by atoms with van der Waals surface area (Å²) in [5.41, 5.74) is 1.43. The van der Waals surface area contributed by atoms with Crippen LogP contribution in [0.2, 0.25) is 0 Å². The van der Waals surface area contributed by atoms with Crippen LogP contribution in [0.5, 0.6) is 0 Å². The van der Waals surface area contributed by atoms with Gasteiger partial charge in [-0.25, -0.2) is 0 Å². The summed E-state index contributed by atoms with van der Waals surface area (Å²) in [5.74, 6) is 1.66. The third-order valence-corrected chi connectivity index (χ3v) is 2.87. The van der Waals surface area contributed by atoms with Crippen molar-refractivity contribution in [2.75, 3.05) is 0 Å². The molecule has 74 valence electrons. The van der Waals surface area contributed by atoms with E-state index in [4.69, 9.17) is 0 Å². The summed E-state index contributed by atoms with van der Waals surface area (Å²) < 4.78 is 0. The zero-order valence-electron chi connectivity index (χ0n) is 9.22. The van der Waals surface area contributed by atoms with E-state index in [0.717, 1.165) is 11.8 Å². The second-order valence-electron chi connectivity index (χ2n) is 4.55. The van der Waals surface area contributed by atoms with Crippen LogP contribution in [0.3, 0.4) is 0 Å². The van der Waals surface area contributed by atoms with E-state index in [1.807, 2.05) is 0 Å². The molecule has 0 saturated carbocycles. The fourth-order valence-corrected chi connectivity index (χ4v) is 1.93. The van der Waals surface area contributed by atoms with Crippen LogP contribution in [-0.2, 0) is 0 Å². The highest BCUT2D eigenvalue weighted by atomic mass is 14.1. The topological polar surface area (TPSA) is 0 Å². The van der Waals surface area contributed by atoms with Gasteiger partial charge in [0, 0.05) is 0 Å². The van der Waals surface area contributed by atoms with Crippen molar-refractivity contribution in [3.05, 3.63) is 23.8 Å². The summed E-state index contributed by atoms with van der Waals surface area (Å²) in [7, 11) is 0. The predicted molar refractivity (Wildman–Crippen MR) is 59.7 cm³/mol. The van der Waals surface area contributed by atoms with Crippen LogP contribution in [-0.4, -0.2) is 0 Å². The Morgan fingerprint density at radius 1 is 1.15 bits per heavy atom. The minimum absolute atomic E-state index is 0.755. The molecule has 1 aliphatic carbocycles. The normalized spacial score (nSPS) is 31.2. The van der Waals surface area contributed by atoms with Crippen LogP contribution in [0, 0.1) is 11.8 Å². The predicted octanol–water partition coefficient (Wildman–Crippen LogP) is 4.34. The van der Waals surface area contributed by atoms with Crippen LogP contribution in [0.4, 0.5) is 0 Å². The third kappa shape index (κ3) is 4.31. The molecule has 0 spiro atoms. The van der Waals surface area contributed by atoms with Gasteiger partial charge in [-0.05, 0) is 38.0 Å².